The molecule has 0 fully saturated rings. The first-order chi connectivity index (χ1) is 12.1. The van der Waals surface area contributed by atoms with E-state index in [0.29, 0.717) is 5.02 Å². The van der Waals surface area contributed by atoms with E-state index >= 15 is 0 Å². The SMILES string of the molecule is O=C(/C=C/c1sc2ccccc2c1Cl)NNC(=O)c1ccccc1F. The topological polar surface area (TPSA) is 58.2 Å². The van der Waals surface area contributed by atoms with Crippen molar-refractivity contribution >= 4 is 50.9 Å². The molecular formula is C18H12ClFN2O2S. The third-order valence-corrected chi connectivity index (χ3v) is 5.02. The van der Waals surface area contributed by atoms with Gasteiger partial charge >= 0.3 is 0 Å². The van der Waals surface area contributed by atoms with E-state index in [2.05, 4.69) is 10.9 Å². The van der Waals surface area contributed by atoms with Crippen LogP contribution in [0.5, 0.6) is 0 Å². The fourth-order valence-electron chi connectivity index (χ4n) is 2.16. The molecule has 0 saturated carbocycles. The lowest BCUT2D eigenvalue weighted by atomic mass is 10.2. The van der Waals surface area contributed by atoms with Gasteiger partial charge in [-0.3, -0.25) is 20.4 Å². The fraction of sp³-hybridized carbons (Fsp3) is 0. The predicted molar refractivity (Wildman–Crippen MR) is 97.9 cm³/mol. The molecule has 0 bridgehead atoms. The number of hydrogen-bond acceptors (Lipinski definition) is 3. The van der Waals surface area contributed by atoms with Crippen molar-refractivity contribution in [2.24, 2.45) is 0 Å². The Morgan fingerprint density at radius 3 is 2.52 bits per heavy atom. The average Bonchev–Trinajstić information content (AvgIpc) is 2.94. The van der Waals surface area contributed by atoms with Gasteiger partial charge in [-0.25, -0.2) is 4.39 Å². The Morgan fingerprint density at radius 2 is 1.76 bits per heavy atom. The standard InChI is InChI=1S/C18H12ClFN2O2S/c19-17-12-6-2-4-8-14(12)25-15(17)9-10-16(23)21-22-18(24)11-5-1-3-7-13(11)20/h1-10H,(H,21,23)(H,22,24)/b10-9+. The predicted octanol–water partition coefficient (Wildman–Crippen LogP) is 4.17. The van der Waals surface area contributed by atoms with Gasteiger partial charge in [0.25, 0.3) is 11.8 Å². The molecule has 1 aromatic heterocycles. The number of amides is 2. The molecule has 0 aliphatic rings. The van der Waals surface area contributed by atoms with Gasteiger partial charge < -0.3 is 0 Å². The second-order valence-corrected chi connectivity index (χ2v) is 6.49. The molecule has 0 atom stereocenters. The minimum Gasteiger partial charge on any atom is -0.268 e. The molecule has 126 valence electrons. The molecule has 7 heteroatoms. The van der Waals surface area contributed by atoms with Crippen molar-refractivity contribution < 1.29 is 14.0 Å². The summed E-state index contributed by atoms with van der Waals surface area (Å²) in [7, 11) is 0. The fourth-order valence-corrected chi connectivity index (χ4v) is 3.56. The highest BCUT2D eigenvalue weighted by Crippen LogP contribution is 2.35. The summed E-state index contributed by atoms with van der Waals surface area (Å²) in [4.78, 5) is 24.4. The molecule has 0 aliphatic carbocycles. The molecule has 0 aliphatic heterocycles. The molecule has 25 heavy (non-hydrogen) atoms. The highest BCUT2D eigenvalue weighted by molar-refractivity contribution is 7.20. The van der Waals surface area contributed by atoms with Crippen LogP contribution in [0.15, 0.2) is 54.6 Å². The zero-order valence-corrected chi connectivity index (χ0v) is 14.3. The van der Waals surface area contributed by atoms with E-state index in [0.717, 1.165) is 15.0 Å². The zero-order chi connectivity index (χ0) is 17.8. The number of thiophene rings is 1. The Labute approximate surface area is 151 Å². The van der Waals surface area contributed by atoms with Crippen molar-refractivity contribution in [2.45, 2.75) is 0 Å². The van der Waals surface area contributed by atoms with Crippen molar-refractivity contribution in [3.63, 3.8) is 0 Å². The van der Waals surface area contributed by atoms with Crippen LogP contribution >= 0.6 is 22.9 Å². The van der Waals surface area contributed by atoms with Crippen LogP contribution in [0.25, 0.3) is 16.2 Å². The summed E-state index contributed by atoms with van der Waals surface area (Å²) < 4.78 is 14.5. The number of nitrogens with one attached hydrogen (secondary N) is 2. The lowest BCUT2D eigenvalue weighted by molar-refractivity contribution is -0.117. The first kappa shape index (κ1) is 17.1. The minimum absolute atomic E-state index is 0.153. The Balaban J connectivity index is 1.64. The second-order valence-electron chi connectivity index (χ2n) is 5.03. The normalized spacial score (nSPS) is 11.0. The summed E-state index contributed by atoms with van der Waals surface area (Å²) >= 11 is 7.74. The largest absolute Gasteiger partial charge is 0.272 e. The first-order valence-electron chi connectivity index (χ1n) is 7.26. The number of hydrogen-bond donors (Lipinski definition) is 2. The maximum Gasteiger partial charge on any atom is 0.272 e. The van der Waals surface area contributed by atoms with Crippen LogP contribution in [0.3, 0.4) is 0 Å². The molecule has 2 N–H and O–H groups in total. The van der Waals surface area contributed by atoms with Gasteiger partial charge in [0.05, 0.1) is 10.6 Å². The Hall–Kier alpha value is -2.70. The summed E-state index contributed by atoms with van der Waals surface area (Å²) in [5.41, 5.74) is 4.21. The Morgan fingerprint density at radius 1 is 1.04 bits per heavy atom. The van der Waals surface area contributed by atoms with Crippen LogP contribution in [0.2, 0.25) is 5.02 Å². The van der Waals surface area contributed by atoms with E-state index in [9.17, 15) is 14.0 Å². The van der Waals surface area contributed by atoms with Crippen molar-refractivity contribution in [2.75, 3.05) is 0 Å². The number of carbonyl (C=O) groups is 2. The number of rotatable bonds is 3. The third kappa shape index (κ3) is 3.87. The van der Waals surface area contributed by atoms with Gasteiger partial charge in [0.2, 0.25) is 0 Å². The molecule has 1 heterocycles. The number of benzene rings is 2. The van der Waals surface area contributed by atoms with Crippen molar-refractivity contribution in [1.29, 1.82) is 0 Å². The van der Waals surface area contributed by atoms with Crippen molar-refractivity contribution in [3.05, 3.63) is 75.9 Å². The molecule has 2 amide bonds. The molecule has 0 radical (unpaired) electrons. The molecule has 0 unspecified atom stereocenters. The second kappa shape index (κ2) is 7.46. The number of carbonyl (C=O) groups excluding carboxylic acids is 2. The maximum atomic E-state index is 13.5. The first-order valence-corrected chi connectivity index (χ1v) is 8.45. The van der Waals surface area contributed by atoms with Crippen LogP contribution in [-0.4, -0.2) is 11.8 Å². The highest BCUT2D eigenvalue weighted by Gasteiger charge is 2.11. The maximum absolute atomic E-state index is 13.5. The van der Waals surface area contributed by atoms with E-state index in [1.54, 1.807) is 6.08 Å². The van der Waals surface area contributed by atoms with Crippen LogP contribution < -0.4 is 10.9 Å². The van der Waals surface area contributed by atoms with E-state index in [1.807, 2.05) is 24.3 Å². The lowest BCUT2D eigenvalue weighted by Gasteiger charge is -2.05. The van der Waals surface area contributed by atoms with Crippen LogP contribution in [0.1, 0.15) is 15.2 Å². The number of halogens is 2. The van der Waals surface area contributed by atoms with E-state index < -0.39 is 17.6 Å². The zero-order valence-electron chi connectivity index (χ0n) is 12.8. The summed E-state index contributed by atoms with van der Waals surface area (Å²) in [6, 6.07) is 13.1. The Bertz CT molecular complexity index is 984. The molecular weight excluding hydrogens is 363 g/mol. The average molecular weight is 375 g/mol. The highest BCUT2D eigenvalue weighted by atomic mass is 35.5. The van der Waals surface area contributed by atoms with Gasteiger partial charge in [0, 0.05) is 21.0 Å². The van der Waals surface area contributed by atoms with Crippen molar-refractivity contribution in [3.8, 4) is 0 Å². The van der Waals surface area contributed by atoms with Crippen molar-refractivity contribution in [1.82, 2.24) is 10.9 Å². The third-order valence-electron chi connectivity index (χ3n) is 3.36. The molecule has 0 spiro atoms. The summed E-state index contributed by atoms with van der Waals surface area (Å²) in [5.74, 6) is -1.96. The van der Waals surface area contributed by atoms with Gasteiger partial charge in [0.1, 0.15) is 5.82 Å². The van der Waals surface area contributed by atoms with Gasteiger partial charge in [-0.2, -0.15) is 0 Å². The molecule has 3 rings (SSSR count). The molecule has 0 saturated heterocycles. The summed E-state index contributed by atoms with van der Waals surface area (Å²) in [5, 5.41) is 1.49. The van der Waals surface area contributed by atoms with E-state index in [4.69, 9.17) is 11.6 Å². The van der Waals surface area contributed by atoms with Crippen LogP contribution in [0, 0.1) is 5.82 Å². The quantitative estimate of drug-likeness (QED) is 0.534. The minimum atomic E-state index is -0.736. The van der Waals surface area contributed by atoms with Crippen LogP contribution in [-0.2, 0) is 4.79 Å². The van der Waals surface area contributed by atoms with Gasteiger partial charge in [-0.1, -0.05) is 41.9 Å². The monoisotopic (exact) mass is 374 g/mol. The summed E-state index contributed by atoms with van der Waals surface area (Å²) in [6.07, 6.45) is 2.82. The van der Waals surface area contributed by atoms with Gasteiger partial charge in [-0.15, -0.1) is 11.3 Å². The number of fused-ring (bicyclic) bond motifs is 1. The molecule has 2 aromatic carbocycles. The van der Waals surface area contributed by atoms with E-state index in [1.165, 1.54) is 41.7 Å². The summed E-state index contributed by atoms with van der Waals surface area (Å²) in [6.45, 7) is 0. The van der Waals surface area contributed by atoms with Gasteiger partial charge in [0.15, 0.2) is 0 Å². The molecule has 4 nitrogen and oxygen atoms in total. The molecule has 3 aromatic rings. The smallest absolute Gasteiger partial charge is 0.268 e. The van der Waals surface area contributed by atoms with E-state index in [-0.39, 0.29) is 5.56 Å². The van der Waals surface area contributed by atoms with Crippen LogP contribution in [0.4, 0.5) is 4.39 Å². The Kier molecular flexibility index (Phi) is 5.11. The number of hydrazine groups is 1. The van der Waals surface area contributed by atoms with Gasteiger partial charge in [-0.05, 0) is 24.3 Å². The lowest BCUT2D eigenvalue weighted by Crippen LogP contribution is -2.41.